The molecule has 7 N–H and O–H groups in total. The molecule has 11 heteroatoms. The van der Waals surface area contributed by atoms with Gasteiger partial charge in [0.2, 0.25) is 0 Å². The molecule has 1 aromatic carbocycles. The summed E-state index contributed by atoms with van der Waals surface area (Å²) in [5, 5.41) is 32.1. The first-order chi connectivity index (χ1) is 15.4. The van der Waals surface area contributed by atoms with E-state index >= 15 is 0 Å². The molecule has 2 aliphatic rings. The SMILES string of the molecule is COc1cccc2c1CCCC2(N)[C@@]1(n2cnc3c(N)ncnc32)O[C@H](CO)[C@@H](O)[C@H]1O. The van der Waals surface area contributed by atoms with E-state index in [1.54, 1.807) is 7.11 Å². The van der Waals surface area contributed by atoms with Gasteiger partial charge in [-0.1, -0.05) is 12.1 Å². The number of aliphatic hydroxyl groups is 3. The van der Waals surface area contributed by atoms with Gasteiger partial charge in [-0.25, -0.2) is 15.0 Å². The predicted octanol–water partition coefficient (Wildman–Crippen LogP) is -0.627. The molecule has 5 atom stereocenters. The minimum Gasteiger partial charge on any atom is -0.496 e. The molecule has 11 nitrogen and oxygen atoms in total. The highest BCUT2D eigenvalue weighted by Gasteiger charge is 2.66. The molecule has 1 unspecified atom stereocenters. The lowest BCUT2D eigenvalue weighted by molar-refractivity contribution is -0.197. The monoisotopic (exact) mass is 442 g/mol. The fraction of sp³-hybridized carbons (Fsp3) is 0.476. The van der Waals surface area contributed by atoms with Crippen molar-refractivity contribution in [1.82, 2.24) is 19.5 Å². The third kappa shape index (κ3) is 2.57. The molecule has 0 bridgehead atoms. The van der Waals surface area contributed by atoms with E-state index < -0.39 is 36.2 Å². The zero-order valence-electron chi connectivity index (χ0n) is 17.5. The number of aromatic nitrogens is 4. The highest BCUT2D eigenvalue weighted by Crippen LogP contribution is 2.53. The summed E-state index contributed by atoms with van der Waals surface area (Å²) < 4.78 is 13.4. The first-order valence-corrected chi connectivity index (χ1v) is 10.4. The van der Waals surface area contributed by atoms with Crippen molar-refractivity contribution < 1.29 is 24.8 Å². The molecule has 1 fully saturated rings. The van der Waals surface area contributed by atoms with Gasteiger partial charge < -0.3 is 36.3 Å². The second-order valence-electron chi connectivity index (χ2n) is 8.33. The van der Waals surface area contributed by atoms with Gasteiger partial charge in [0.15, 0.2) is 17.2 Å². The fourth-order valence-electron chi connectivity index (χ4n) is 5.31. The van der Waals surface area contributed by atoms with Gasteiger partial charge in [0.25, 0.3) is 0 Å². The first-order valence-electron chi connectivity index (χ1n) is 10.4. The molecule has 0 spiro atoms. The minimum absolute atomic E-state index is 0.160. The number of hydrogen-bond donors (Lipinski definition) is 5. The molecule has 0 saturated carbocycles. The normalized spacial score (nSPS) is 32.2. The van der Waals surface area contributed by atoms with Crippen LogP contribution < -0.4 is 16.2 Å². The zero-order chi connectivity index (χ0) is 22.7. The van der Waals surface area contributed by atoms with Crippen LogP contribution in [0.1, 0.15) is 24.0 Å². The Bertz CT molecular complexity index is 1170. The summed E-state index contributed by atoms with van der Waals surface area (Å²) in [4.78, 5) is 12.6. The Kier molecular flexibility index (Phi) is 4.84. The molecule has 3 aromatic rings. The maximum absolute atomic E-state index is 11.5. The van der Waals surface area contributed by atoms with Crippen LogP contribution in [0.3, 0.4) is 0 Å². The first kappa shape index (κ1) is 21.0. The van der Waals surface area contributed by atoms with Crippen LogP contribution in [0.5, 0.6) is 5.75 Å². The molecule has 170 valence electrons. The van der Waals surface area contributed by atoms with Crippen LogP contribution in [-0.2, 0) is 22.4 Å². The second-order valence-corrected chi connectivity index (χ2v) is 8.33. The van der Waals surface area contributed by atoms with E-state index in [9.17, 15) is 15.3 Å². The summed E-state index contributed by atoms with van der Waals surface area (Å²) in [5.41, 5.74) is 12.3. The largest absolute Gasteiger partial charge is 0.496 e. The van der Waals surface area contributed by atoms with E-state index in [4.69, 9.17) is 20.9 Å². The van der Waals surface area contributed by atoms with E-state index in [1.165, 1.54) is 17.2 Å². The van der Waals surface area contributed by atoms with Gasteiger partial charge in [-0.05, 0) is 36.5 Å². The van der Waals surface area contributed by atoms with E-state index in [0.717, 1.165) is 17.5 Å². The van der Waals surface area contributed by atoms with Crippen molar-refractivity contribution in [2.45, 2.75) is 48.8 Å². The number of imidazole rings is 1. The lowest BCUT2D eigenvalue weighted by Crippen LogP contribution is -2.65. The smallest absolute Gasteiger partial charge is 0.198 e. The van der Waals surface area contributed by atoms with Gasteiger partial charge in [0.05, 0.1) is 25.6 Å². The van der Waals surface area contributed by atoms with Crippen LogP contribution in [0.25, 0.3) is 11.2 Å². The zero-order valence-corrected chi connectivity index (χ0v) is 17.5. The Balaban J connectivity index is 1.83. The highest BCUT2D eigenvalue weighted by molar-refractivity contribution is 5.81. The van der Waals surface area contributed by atoms with Crippen LogP contribution in [-0.4, -0.2) is 66.9 Å². The molecule has 1 aliphatic heterocycles. The van der Waals surface area contributed by atoms with Gasteiger partial charge in [-0.2, -0.15) is 0 Å². The van der Waals surface area contributed by atoms with Gasteiger partial charge >= 0.3 is 0 Å². The van der Waals surface area contributed by atoms with Crippen LogP contribution in [0.4, 0.5) is 5.82 Å². The molecule has 5 rings (SSSR count). The van der Waals surface area contributed by atoms with Gasteiger partial charge in [-0.15, -0.1) is 0 Å². The molecular weight excluding hydrogens is 416 g/mol. The molecule has 1 aliphatic carbocycles. The summed E-state index contributed by atoms with van der Waals surface area (Å²) in [7, 11) is 1.59. The molecule has 0 radical (unpaired) electrons. The van der Waals surface area contributed by atoms with Crippen LogP contribution in [0, 0.1) is 0 Å². The van der Waals surface area contributed by atoms with Gasteiger partial charge in [-0.3, -0.25) is 4.57 Å². The van der Waals surface area contributed by atoms with Gasteiger partial charge in [0.1, 0.15) is 35.9 Å². The Morgan fingerprint density at radius 2 is 2.09 bits per heavy atom. The molecule has 0 amide bonds. The summed E-state index contributed by atoms with van der Waals surface area (Å²) in [6, 6.07) is 5.55. The molecule has 32 heavy (non-hydrogen) atoms. The quantitative estimate of drug-likeness (QED) is 0.350. The lowest BCUT2D eigenvalue weighted by atomic mass is 9.68. The number of ether oxygens (including phenoxy) is 2. The van der Waals surface area contributed by atoms with Crippen LogP contribution in [0.2, 0.25) is 0 Å². The Morgan fingerprint density at radius 1 is 1.28 bits per heavy atom. The molecule has 3 heterocycles. The third-order valence-electron chi connectivity index (χ3n) is 6.81. The Morgan fingerprint density at radius 3 is 2.81 bits per heavy atom. The topological polar surface area (TPSA) is 175 Å². The summed E-state index contributed by atoms with van der Waals surface area (Å²) >= 11 is 0. The number of benzene rings is 1. The highest BCUT2D eigenvalue weighted by atomic mass is 16.6. The second kappa shape index (κ2) is 7.36. The number of rotatable bonds is 4. The van der Waals surface area contributed by atoms with Crippen molar-refractivity contribution >= 4 is 17.0 Å². The minimum atomic E-state index is -1.74. The van der Waals surface area contributed by atoms with Crippen LogP contribution >= 0.6 is 0 Å². The number of fused-ring (bicyclic) bond motifs is 2. The predicted molar refractivity (Wildman–Crippen MR) is 113 cm³/mol. The van der Waals surface area contributed by atoms with Crippen molar-refractivity contribution in [1.29, 1.82) is 0 Å². The van der Waals surface area contributed by atoms with Crippen molar-refractivity contribution in [3.8, 4) is 5.75 Å². The van der Waals surface area contributed by atoms with E-state index in [-0.39, 0.29) is 5.82 Å². The van der Waals surface area contributed by atoms with Crippen molar-refractivity contribution in [2.75, 3.05) is 19.5 Å². The number of aliphatic hydroxyl groups excluding tert-OH is 3. The van der Waals surface area contributed by atoms with E-state index in [1.807, 2.05) is 18.2 Å². The van der Waals surface area contributed by atoms with E-state index in [0.29, 0.717) is 29.8 Å². The van der Waals surface area contributed by atoms with E-state index in [2.05, 4.69) is 15.0 Å². The lowest BCUT2D eigenvalue weighted by Gasteiger charge is -2.50. The number of nitrogen functional groups attached to an aromatic ring is 1. The van der Waals surface area contributed by atoms with Crippen molar-refractivity contribution in [3.05, 3.63) is 42.0 Å². The molecular formula is C21H26N6O5. The number of nitrogens with two attached hydrogens (primary N) is 2. The van der Waals surface area contributed by atoms with Crippen molar-refractivity contribution in [3.63, 3.8) is 0 Å². The average molecular weight is 442 g/mol. The average Bonchev–Trinajstić information content (AvgIpc) is 3.35. The Labute approximate surface area is 183 Å². The fourth-order valence-corrected chi connectivity index (χ4v) is 5.31. The summed E-state index contributed by atoms with van der Waals surface area (Å²) in [6.45, 7) is -0.509. The summed E-state index contributed by atoms with van der Waals surface area (Å²) in [6.07, 6.45) is 0.582. The summed E-state index contributed by atoms with van der Waals surface area (Å²) in [5.74, 6) is 0.841. The number of hydrogen-bond acceptors (Lipinski definition) is 10. The maximum atomic E-state index is 11.5. The number of methoxy groups -OCH3 is 1. The Hall–Kier alpha value is -2.83. The molecule has 2 aromatic heterocycles. The number of anilines is 1. The van der Waals surface area contributed by atoms with Crippen molar-refractivity contribution in [2.24, 2.45) is 5.73 Å². The third-order valence-corrected chi connectivity index (χ3v) is 6.81. The standard InChI is InChI=1S/C21H26N6O5/c1-31-13-6-2-5-12-11(13)4-3-7-20(12,23)21(17(30)16(29)14(8-28)32-21)27-10-26-15-18(22)24-9-25-19(15)27/h2,5-6,9-10,14,16-17,28-30H,3-4,7-8,23H2,1H3,(H2,22,24,25)/t14-,16-,17-,20?,21+/m1/s1. The molecule has 1 saturated heterocycles. The number of nitrogens with zero attached hydrogens (tertiary/aromatic N) is 4. The maximum Gasteiger partial charge on any atom is 0.198 e. The van der Waals surface area contributed by atoms with Gasteiger partial charge in [0, 0.05) is 0 Å². The van der Waals surface area contributed by atoms with Crippen LogP contribution in [0.15, 0.2) is 30.9 Å².